The van der Waals surface area contributed by atoms with Crippen molar-refractivity contribution in [1.82, 2.24) is 5.43 Å². The zero-order valence-corrected chi connectivity index (χ0v) is 21.9. The second-order valence-corrected chi connectivity index (χ2v) is 9.40. The van der Waals surface area contributed by atoms with E-state index in [1.165, 1.54) is 24.7 Å². The van der Waals surface area contributed by atoms with Crippen molar-refractivity contribution in [2.45, 2.75) is 19.8 Å². The molecule has 0 aliphatic carbocycles. The molecule has 0 radical (unpaired) electrons. The molecule has 7 nitrogen and oxygen atoms in total. The molecule has 0 aliphatic rings. The van der Waals surface area contributed by atoms with E-state index >= 15 is 0 Å². The molecule has 0 aliphatic heterocycles. The Balaban J connectivity index is 1.38. The van der Waals surface area contributed by atoms with Gasteiger partial charge in [0.05, 0.1) is 30.5 Å². The third kappa shape index (κ3) is 6.47. The third-order valence-corrected chi connectivity index (χ3v) is 7.04. The number of thiophene rings is 1. The summed E-state index contributed by atoms with van der Waals surface area (Å²) in [6.45, 7) is 2.73. The minimum atomic E-state index is -0.521. The summed E-state index contributed by atoms with van der Waals surface area (Å²) < 4.78 is 17.5. The highest BCUT2D eigenvalue weighted by atomic mass is 35.5. The summed E-state index contributed by atoms with van der Waals surface area (Å²) in [6.07, 6.45) is 3.48. The fraction of sp³-hybridized carbons (Fsp3) is 0.179. The van der Waals surface area contributed by atoms with Gasteiger partial charge in [0, 0.05) is 10.1 Å². The van der Waals surface area contributed by atoms with Crippen LogP contribution >= 0.6 is 22.9 Å². The number of unbranched alkanes of at least 4 members (excludes halogenated alkanes) is 1. The summed E-state index contributed by atoms with van der Waals surface area (Å²) in [6, 6.07) is 19.3. The van der Waals surface area contributed by atoms with Crippen molar-refractivity contribution in [2.24, 2.45) is 5.10 Å². The molecule has 0 bridgehead atoms. The molecule has 1 N–H and O–H groups in total. The van der Waals surface area contributed by atoms with Gasteiger partial charge in [-0.3, -0.25) is 4.79 Å². The second-order valence-electron chi connectivity index (χ2n) is 7.97. The average molecular weight is 537 g/mol. The molecule has 0 unspecified atom stereocenters. The Morgan fingerprint density at radius 1 is 1.05 bits per heavy atom. The van der Waals surface area contributed by atoms with Crippen LogP contribution in [0.5, 0.6) is 17.2 Å². The molecule has 4 aromatic rings. The number of hydrazone groups is 1. The van der Waals surface area contributed by atoms with Crippen LogP contribution in [0.3, 0.4) is 0 Å². The van der Waals surface area contributed by atoms with E-state index in [4.69, 9.17) is 25.8 Å². The van der Waals surface area contributed by atoms with Crippen LogP contribution in [-0.4, -0.2) is 31.8 Å². The SMILES string of the molecule is CCCCOc1ccc(C(=O)Oc2ccc(/C=N/NC(=O)c3sc4ccccc4c3Cl)cc2OC)cc1. The Morgan fingerprint density at radius 2 is 1.84 bits per heavy atom. The van der Waals surface area contributed by atoms with E-state index in [1.807, 2.05) is 24.3 Å². The lowest BCUT2D eigenvalue weighted by atomic mass is 10.2. The number of rotatable bonds is 10. The molecule has 1 aromatic heterocycles. The summed E-state index contributed by atoms with van der Waals surface area (Å²) in [5, 5.41) is 5.26. The van der Waals surface area contributed by atoms with Crippen molar-refractivity contribution in [2.75, 3.05) is 13.7 Å². The van der Waals surface area contributed by atoms with Gasteiger partial charge in [0.2, 0.25) is 0 Å². The van der Waals surface area contributed by atoms with Gasteiger partial charge in [0.25, 0.3) is 5.91 Å². The first-order chi connectivity index (χ1) is 18.0. The number of hydrogen-bond acceptors (Lipinski definition) is 7. The first-order valence-electron chi connectivity index (χ1n) is 11.6. The number of fused-ring (bicyclic) bond motifs is 1. The number of nitrogens with zero attached hydrogens (tertiary/aromatic N) is 1. The number of nitrogens with one attached hydrogen (secondary N) is 1. The van der Waals surface area contributed by atoms with Crippen LogP contribution in [0.4, 0.5) is 0 Å². The number of carbonyl (C=O) groups is 2. The van der Waals surface area contributed by atoms with Gasteiger partial charge in [0.15, 0.2) is 11.5 Å². The summed E-state index contributed by atoms with van der Waals surface area (Å²) in [5.41, 5.74) is 3.52. The van der Waals surface area contributed by atoms with Crippen LogP contribution in [0, 0.1) is 0 Å². The van der Waals surface area contributed by atoms with Gasteiger partial charge < -0.3 is 14.2 Å². The van der Waals surface area contributed by atoms with E-state index in [0.29, 0.717) is 39.1 Å². The molecular formula is C28H25ClN2O5S. The Bertz CT molecular complexity index is 1430. The maximum atomic E-state index is 12.6. The molecular weight excluding hydrogens is 512 g/mol. The highest BCUT2D eigenvalue weighted by Crippen LogP contribution is 2.35. The Morgan fingerprint density at radius 3 is 2.57 bits per heavy atom. The zero-order valence-electron chi connectivity index (χ0n) is 20.3. The number of carbonyl (C=O) groups excluding carboxylic acids is 2. The predicted octanol–water partition coefficient (Wildman–Crippen LogP) is 6.73. The molecule has 1 heterocycles. The molecule has 190 valence electrons. The number of esters is 1. The van der Waals surface area contributed by atoms with Crippen LogP contribution in [0.2, 0.25) is 5.02 Å². The van der Waals surface area contributed by atoms with Crippen molar-refractivity contribution < 1.29 is 23.8 Å². The van der Waals surface area contributed by atoms with Gasteiger partial charge in [-0.2, -0.15) is 5.10 Å². The summed E-state index contributed by atoms with van der Waals surface area (Å²) >= 11 is 7.66. The Labute approximate surface area is 223 Å². The quantitative estimate of drug-likeness (QED) is 0.0798. The van der Waals surface area contributed by atoms with Crippen LogP contribution in [-0.2, 0) is 0 Å². The Kier molecular flexibility index (Phi) is 8.77. The van der Waals surface area contributed by atoms with Crippen LogP contribution in [0.1, 0.15) is 45.4 Å². The van der Waals surface area contributed by atoms with Crippen LogP contribution in [0.25, 0.3) is 10.1 Å². The topological polar surface area (TPSA) is 86.2 Å². The Hall–Kier alpha value is -3.88. The minimum Gasteiger partial charge on any atom is -0.494 e. The molecule has 0 spiro atoms. The predicted molar refractivity (Wildman–Crippen MR) is 147 cm³/mol. The highest BCUT2D eigenvalue weighted by molar-refractivity contribution is 7.21. The number of amides is 1. The number of hydrogen-bond donors (Lipinski definition) is 1. The molecule has 37 heavy (non-hydrogen) atoms. The van der Waals surface area contributed by atoms with E-state index in [-0.39, 0.29) is 5.75 Å². The van der Waals surface area contributed by atoms with E-state index in [2.05, 4.69) is 17.5 Å². The average Bonchev–Trinajstić information content (AvgIpc) is 3.26. The lowest BCUT2D eigenvalue weighted by Crippen LogP contribution is -2.16. The van der Waals surface area contributed by atoms with Crippen LogP contribution in [0.15, 0.2) is 71.8 Å². The minimum absolute atomic E-state index is 0.258. The third-order valence-electron chi connectivity index (χ3n) is 5.37. The lowest BCUT2D eigenvalue weighted by molar-refractivity contribution is 0.0729. The smallest absolute Gasteiger partial charge is 0.343 e. The van der Waals surface area contributed by atoms with E-state index in [0.717, 1.165) is 22.9 Å². The maximum absolute atomic E-state index is 12.6. The number of benzene rings is 3. The van der Waals surface area contributed by atoms with Gasteiger partial charge in [-0.1, -0.05) is 43.1 Å². The van der Waals surface area contributed by atoms with Gasteiger partial charge >= 0.3 is 5.97 Å². The van der Waals surface area contributed by atoms with Crippen molar-refractivity contribution in [3.05, 3.63) is 87.8 Å². The lowest BCUT2D eigenvalue weighted by Gasteiger charge is -2.10. The largest absolute Gasteiger partial charge is 0.494 e. The van der Waals surface area contributed by atoms with Crippen molar-refractivity contribution in [3.8, 4) is 17.2 Å². The van der Waals surface area contributed by atoms with Gasteiger partial charge in [0.1, 0.15) is 10.6 Å². The normalized spacial score (nSPS) is 11.0. The monoisotopic (exact) mass is 536 g/mol. The molecule has 3 aromatic carbocycles. The van der Waals surface area contributed by atoms with Gasteiger partial charge in [-0.15, -0.1) is 11.3 Å². The number of ether oxygens (including phenoxy) is 3. The van der Waals surface area contributed by atoms with Crippen LogP contribution < -0.4 is 19.6 Å². The van der Waals surface area contributed by atoms with E-state index in [9.17, 15) is 9.59 Å². The second kappa shape index (κ2) is 12.4. The zero-order chi connectivity index (χ0) is 26.2. The fourth-order valence-corrected chi connectivity index (χ4v) is 4.81. The standard InChI is InChI=1S/C28H25ClN2O5S/c1-3-4-15-35-20-12-10-19(11-13-20)28(33)36-22-14-9-18(16-23(22)34-2)17-30-31-27(32)26-25(29)21-7-5-6-8-24(21)37-26/h5-14,16-17H,3-4,15H2,1-2H3,(H,31,32)/b30-17+. The summed E-state index contributed by atoms with van der Waals surface area (Å²) in [4.78, 5) is 25.6. The maximum Gasteiger partial charge on any atom is 0.343 e. The number of methoxy groups -OCH3 is 1. The summed E-state index contributed by atoms with van der Waals surface area (Å²) in [7, 11) is 1.47. The van der Waals surface area contributed by atoms with Crippen molar-refractivity contribution in [3.63, 3.8) is 0 Å². The number of halogens is 1. The molecule has 0 saturated carbocycles. The van der Waals surface area contributed by atoms with Crippen molar-refractivity contribution in [1.29, 1.82) is 0 Å². The first-order valence-corrected chi connectivity index (χ1v) is 12.8. The van der Waals surface area contributed by atoms with Crippen molar-refractivity contribution >= 4 is 51.1 Å². The molecule has 1 amide bonds. The molecule has 0 saturated heterocycles. The molecule has 9 heteroatoms. The first kappa shape index (κ1) is 26.2. The van der Waals surface area contributed by atoms with E-state index in [1.54, 1.807) is 42.5 Å². The highest BCUT2D eigenvalue weighted by Gasteiger charge is 2.17. The molecule has 4 rings (SSSR count). The fourth-order valence-electron chi connectivity index (χ4n) is 3.41. The summed E-state index contributed by atoms with van der Waals surface area (Å²) in [5.74, 6) is 0.381. The molecule has 0 atom stereocenters. The van der Waals surface area contributed by atoms with E-state index < -0.39 is 11.9 Å². The van der Waals surface area contributed by atoms with Gasteiger partial charge in [-0.25, -0.2) is 10.2 Å². The van der Waals surface area contributed by atoms with Gasteiger partial charge in [-0.05, 0) is 60.5 Å². The molecule has 0 fully saturated rings.